The van der Waals surface area contributed by atoms with Crippen molar-refractivity contribution >= 4 is 0 Å². The van der Waals surface area contributed by atoms with Crippen LogP contribution in [0.2, 0.25) is 0 Å². The number of nitrogens with zero attached hydrogens (tertiary/aromatic N) is 1. The second-order valence-corrected chi connectivity index (χ2v) is 4.64. The van der Waals surface area contributed by atoms with E-state index < -0.39 is 0 Å². The van der Waals surface area contributed by atoms with Crippen LogP contribution >= 0.6 is 0 Å². The van der Waals surface area contributed by atoms with Crippen molar-refractivity contribution in [3.05, 3.63) is 0 Å². The van der Waals surface area contributed by atoms with Crippen LogP contribution in [0.3, 0.4) is 0 Å². The van der Waals surface area contributed by atoms with Crippen LogP contribution in [0.5, 0.6) is 0 Å². The van der Waals surface area contributed by atoms with Gasteiger partial charge in [0.2, 0.25) is 0 Å². The van der Waals surface area contributed by atoms with Crippen molar-refractivity contribution in [2.75, 3.05) is 32.7 Å². The standard InChI is InChI=1S/C15H30N2/c1-4-11-16-12-9-7-8-10-15-17(13-5-2)14-6-3/h2,16H,4,6-15H2,1,3H3. The summed E-state index contributed by atoms with van der Waals surface area (Å²) < 4.78 is 0. The highest BCUT2D eigenvalue weighted by Gasteiger charge is 2.00. The molecule has 0 unspecified atom stereocenters. The van der Waals surface area contributed by atoms with E-state index in [4.69, 9.17) is 6.42 Å². The van der Waals surface area contributed by atoms with Gasteiger partial charge in [-0.05, 0) is 51.9 Å². The molecule has 0 aromatic carbocycles. The van der Waals surface area contributed by atoms with Crippen molar-refractivity contribution in [2.45, 2.75) is 52.4 Å². The summed E-state index contributed by atoms with van der Waals surface area (Å²) in [5, 5.41) is 3.44. The highest BCUT2D eigenvalue weighted by Crippen LogP contribution is 2.02. The smallest absolute Gasteiger partial charge is 0.0598 e. The lowest BCUT2D eigenvalue weighted by molar-refractivity contribution is 0.299. The number of rotatable bonds is 12. The molecule has 0 rings (SSSR count). The van der Waals surface area contributed by atoms with Crippen molar-refractivity contribution < 1.29 is 0 Å². The number of hydrogen-bond donors (Lipinski definition) is 1. The molecule has 0 aromatic heterocycles. The zero-order valence-electron chi connectivity index (χ0n) is 11.8. The lowest BCUT2D eigenvalue weighted by Gasteiger charge is -2.18. The van der Waals surface area contributed by atoms with Crippen molar-refractivity contribution in [3.8, 4) is 12.3 Å². The lowest BCUT2D eigenvalue weighted by Crippen LogP contribution is -2.26. The highest BCUT2D eigenvalue weighted by molar-refractivity contribution is 4.87. The van der Waals surface area contributed by atoms with Crippen LogP contribution in [0.25, 0.3) is 0 Å². The molecule has 2 heteroatoms. The second kappa shape index (κ2) is 13.5. The molecule has 17 heavy (non-hydrogen) atoms. The summed E-state index contributed by atoms with van der Waals surface area (Å²) in [5.74, 6) is 2.74. The van der Waals surface area contributed by atoms with Crippen molar-refractivity contribution in [2.24, 2.45) is 0 Å². The molecule has 0 aliphatic rings. The van der Waals surface area contributed by atoms with Crippen LogP contribution in [-0.2, 0) is 0 Å². The minimum atomic E-state index is 0.811. The maximum atomic E-state index is 5.36. The van der Waals surface area contributed by atoms with Gasteiger partial charge >= 0.3 is 0 Å². The first-order chi connectivity index (χ1) is 8.35. The highest BCUT2D eigenvalue weighted by atomic mass is 15.1. The molecule has 0 atom stereocenters. The van der Waals surface area contributed by atoms with E-state index in [0.717, 1.165) is 19.6 Å². The summed E-state index contributed by atoms with van der Waals surface area (Å²) in [6.45, 7) is 9.88. The molecule has 0 saturated carbocycles. The van der Waals surface area contributed by atoms with E-state index in [9.17, 15) is 0 Å². The topological polar surface area (TPSA) is 15.3 Å². The predicted octanol–water partition coefficient (Wildman–Crippen LogP) is 2.89. The first kappa shape index (κ1) is 16.5. The molecule has 0 radical (unpaired) electrons. The molecule has 0 heterocycles. The Hall–Kier alpha value is -0.520. The fourth-order valence-corrected chi connectivity index (χ4v) is 1.96. The number of unbranched alkanes of at least 4 members (excludes halogenated alkanes) is 3. The molecule has 0 bridgehead atoms. The third-order valence-electron chi connectivity index (χ3n) is 2.86. The fraction of sp³-hybridized carbons (Fsp3) is 0.867. The van der Waals surface area contributed by atoms with Gasteiger partial charge in [0, 0.05) is 0 Å². The van der Waals surface area contributed by atoms with E-state index in [1.165, 1.54) is 51.6 Å². The second-order valence-electron chi connectivity index (χ2n) is 4.64. The molecule has 0 aliphatic heterocycles. The van der Waals surface area contributed by atoms with Crippen LogP contribution in [0.1, 0.15) is 52.4 Å². The summed E-state index contributed by atoms with van der Waals surface area (Å²) in [6.07, 6.45) is 13.1. The SMILES string of the molecule is C#CCN(CCC)CCCCCCNCCC. The van der Waals surface area contributed by atoms with E-state index in [1.807, 2.05) is 0 Å². The van der Waals surface area contributed by atoms with Gasteiger partial charge in [0.1, 0.15) is 0 Å². The first-order valence-electron chi connectivity index (χ1n) is 7.21. The average molecular weight is 238 g/mol. The Morgan fingerprint density at radius 2 is 1.71 bits per heavy atom. The van der Waals surface area contributed by atoms with Crippen LogP contribution < -0.4 is 5.32 Å². The molecule has 0 aliphatic carbocycles. The maximum absolute atomic E-state index is 5.36. The van der Waals surface area contributed by atoms with Gasteiger partial charge in [0.25, 0.3) is 0 Å². The minimum absolute atomic E-state index is 0.811. The van der Waals surface area contributed by atoms with E-state index in [2.05, 4.69) is 30.0 Å². The summed E-state index contributed by atoms with van der Waals surface area (Å²) in [7, 11) is 0. The molecule has 0 aromatic rings. The zero-order chi connectivity index (χ0) is 12.8. The van der Waals surface area contributed by atoms with Crippen molar-refractivity contribution in [1.29, 1.82) is 0 Å². The fourth-order valence-electron chi connectivity index (χ4n) is 1.96. The summed E-state index contributed by atoms with van der Waals surface area (Å²) in [6, 6.07) is 0. The van der Waals surface area contributed by atoms with Gasteiger partial charge in [-0.25, -0.2) is 0 Å². The van der Waals surface area contributed by atoms with Crippen LogP contribution in [0.15, 0.2) is 0 Å². The minimum Gasteiger partial charge on any atom is -0.317 e. The Bertz CT molecular complexity index is 184. The van der Waals surface area contributed by atoms with Gasteiger partial charge in [-0.15, -0.1) is 6.42 Å². The largest absolute Gasteiger partial charge is 0.317 e. The normalized spacial score (nSPS) is 10.7. The zero-order valence-corrected chi connectivity index (χ0v) is 11.8. The van der Waals surface area contributed by atoms with E-state index in [1.54, 1.807) is 0 Å². The molecule has 0 fully saturated rings. The van der Waals surface area contributed by atoms with Gasteiger partial charge in [0.05, 0.1) is 6.54 Å². The third kappa shape index (κ3) is 11.7. The van der Waals surface area contributed by atoms with Gasteiger partial charge in [-0.1, -0.05) is 32.6 Å². The van der Waals surface area contributed by atoms with Crippen LogP contribution in [-0.4, -0.2) is 37.6 Å². The van der Waals surface area contributed by atoms with Gasteiger partial charge in [-0.3, -0.25) is 4.90 Å². The van der Waals surface area contributed by atoms with Crippen LogP contribution in [0.4, 0.5) is 0 Å². The molecule has 2 nitrogen and oxygen atoms in total. The molecule has 0 amide bonds. The first-order valence-corrected chi connectivity index (χ1v) is 7.21. The van der Waals surface area contributed by atoms with Gasteiger partial charge in [-0.2, -0.15) is 0 Å². The molecular formula is C15H30N2. The van der Waals surface area contributed by atoms with Gasteiger partial charge in [0.15, 0.2) is 0 Å². The third-order valence-corrected chi connectivity index (χ3v) is 2.86. The molecular weight excluding hydrogens is 208 g/mol. The monoisotopic (exact) mass is 238 g/mol. The molecule has 0 spiro atoms. The Morgan fingerprint density at radius 3 is 2.35 bits per heavy atom. The summed E-state index contributed by atoms with van der Waals surface area (Å²) in [5.41, 5.74) is 0. The lowest BCUT2D eigenvalue weighted by atomic mass is 10.2. The van der Waals surface area contributed by atoms with E-state index in [0.29, 0.717) is 0 Å². The maximum Gasteiger partial charge on any atom is 0.0598 e. The number of terminal acetylenes is 1. The van der Waals surface area contributed by atoms with Crippen LogP contribution in [0, 0.1) is 12.3 Å². The molecule has 1 N–H and O–H groups in total. The van der Waals surface area contributed by atoms with Gasteiger partial charge < -0.3 is 5.32 Å². The number of hydrogen-bond acceptors (Lipinski definition) is 2. The Morgan fingerprint density at radius 1 is 0.941 bits per heavy atom. The predicted molar refractivity (Wildman–Crippen MR) is 77.2 cm³/mol. The Labute approximate surface area is 108 Å². The summed E-state index contributed by atoms with van der Waals surface area (Å²) in [4.78, 5) is 2.38. The van der Waals surface area contributed by atoms with Crippen molar-refractivity contribution in [1.82, 2.24) is 10.2 Å². The van der Waals surface area contributed by atoms with E-state index >= 15 is 0 Å². The summed E-state index contributed by atoms with van der Waals surface area (Å²) >= 11 is 0. The van der Waals surface area contributed by atoms with E-state index in [-0.39, 0.29) is 0 Å². The average Bonchev–Trinajstić information content (AvgIpc) is 2.33. The Kier molecular flexibility index (Phi) is 13.1. The molecule has 0 saturated heterocycles. The molecule has 100 valence electrons. The Balaban J connectivity index is 3.27. The van der Waals surface area contributed by atoms with Crippen molar-refractivity contribution in [3.63, 3.8) is 0 Å². The quantitative estimate of drug-likeness (QED) is 0.415. The number of nitrogens with one attached hydrogen (secondary N) is 1.